The van der Waals surface area contributed by atoms with E-state index in [-0.39, 0.29) is 11.9 Å². The number of rotatable bonds is 3. The molecule has 0 saturated carbocycles. The van der Waals surface area contributed by atoms with Crippen molar-refractivity contribution < 1.29 is 14.7 Å². The number of thiophene rings is 1. The number of carbonyl (C=O) groups is 2. The maximum absolute atomic E-state index is 11.5. The third kappa shape index (κ3) is 2.94. The van der Waals surface area contributed by atoms with Gasteiger partial charge in [-0.25, -0.2) is 4.79 Å². The maximum Gasteiger partial charge on any atom is 0.328 e. The van der Waals surface area contributed by atoms with E-state index in [1.54, 1.807) is 11.3 Å². The number of aliphatic carboxylic acids is 1. The Kier molecular flexibility index (Phi) is 3.58. The lowest BCUT2D eigenvalue weighted by molar-refractivity contribution is -0.131. The van der Waals surface area contributed by atoms with Gasteiger partial charge in [0.1, 0.15) is 0 Å². The van der Waals surface area contributed by atoms with Crippen molar-refractivity contribution in [2.75, 3.05) is 0 Å². The average molecular weight is 251 g/mol. The van der Waals surface area contributed by atoms with Crippen LogP contribution in [-0.2, 0) is 16.0 Å². The summed E-state index contributed by atoms with van der Waals surface area (Å²) in [5, 5.41) is 13.3. The van der Waals surface area contributed by atoms with Crippen LogP contribution < -0.4 is 5.32 Å². The van der Waals surface area contributed by atoms with Crippen molar-refractivity contribution in [2.24, 2.45) is 0 Å². The number of carboxylic acid groups (broad SMARTS) is 1. The molecule has 1 aliphatic rings. The molecular weight excluding hydrogens is 238 g/mol. The van der Waals surface area contributed by atoms with Gasteiger partial charge in [0.2, 0.25) is 5.91 Å². The van der Waals surface area contributed by atoms with E-state index in [4.69, 9.17) is 5.11 Å². The first-order chi connectivity index (χ1) is 8.16. The van der Waals surface area contributed by atoms with Crippen LogP contribution in [0.2, 0.25) is 0 Å². The van der Waals surface area contributed by atoms with Crippen LogP contribution in [0.1, 0.15) is 29.3 Å². The van der Waals surface area contributed by atoms with E-state index in [2.05, 4.69) is 5.32 Å². The highest BCUT2D eigenvalue weighted by Crippen LogP contribution is 2.33. The van der Waals surface area contributed by atoms with E-state index in [1.807, 2.05) is 11.4 Å². The third-order valence-electron chi connectivity index (χ3n) is 2.75. The molecule has 0 bridgehead atoms. The summed E-state index contributed by atoms with van der Waals surface area (Å²) < 4.78 is 0. The predicted octanol–water partition coefficient (Wildman–Crippen LogP) is 1.88. The lowest BCUT2D eigenvalue weighted by Crippen LogP contribution is -2.29. The fraction of sp³-hybridized carbons (Fsp3) is 0.333. The number of carboxylic acids is 1. The average Bonchev–Trinajstić information content (AvgIpc) is 2.75. The number of fused-ring (bicyclic) bond motifs is 1. The predicted molar refractivity (Wildman–Crippen MR) is 64.9 cm³/mol. The maximum atomic E-state index is 11.5. The van der Waals surface area contributed by atoms with Gasteiger partial charge in [0.05, 0.1) is 6.04 Å². The molecule has 90 valence electrons. The van der Waals surface area contributed by atoms with Gasteiger partial charge in [-0.2, -0.15) is 0 Å². The van der Waals surface area contributed by atoms with E-state index in [1.165, 1.54) is 10.4 Å². The second kappa shape index (κ2) is 5.14. The molecule has 0 radical (unpaired) electrons. The van der Waals surface area contributed by atoms with Crippen molar-refractivity contribution in [1.82, 2.24) is 5.32 Å². The van der Waals surface area contributed by atoms with E-state index < -0.39 is 5.97 Å². The van der Waals surface area contributed by atoms with Crippen LogP contribution in [0.25, 0.3) is 0 Å². The number of hydrogen-bond donors (Lipinski definition) is 2. The molecule has 2 N–H and O–H groups in total. The van der Waals surface area contributed by atoms with Gasteiger partial charge in [-0.15, -0.1) is 11.3 Å². The van der Waals surface area contributed by atoms with Crippen LogP contribution in [0.4, 0.5) is 0 Å². The molecule has 0 fully saturated rings. The van der Waals surface area contributed by atoms with Crippen molar-refractivity contribution >= 4 is 23.2 Å². The number of nitrogens with one attached hydrogen (secondary N) is 1. The summed E-state index contributed by atoms with van der Waals surface area (Å²) >= 11 is 1.71. The highest BCUT2D eigenvalue weighted by Gasteiger charge is 2.21. The Morgan fingerprint density at radius 3 is 3.06 bits per heavy atom. The summed E-state index contributed by atoms with van der Waals surface area (Å²) in [6.45, 7) is 0. The zero-order valence-electron chi connectivity index (χ0n) is 9.18. The smallest absolute Gasteiger partial charge is 0.328 e. The summed E-state index contributed by atoms with van der Waals surface area (Å²) in [7, 11) is 0. The lowest BCUT2D eigenvalue weighted by Gasteiger charge is -2.23. The molecule has 0 saturated heterocycles. The standard InChI is InChI=1S/C12H13NO3S/c14-11(4-5-12(15)16)13-9-2-1-3-10-8(9)6-7-17-10/h4-7,9H,1-3H2,(H,13,14)(H,15,16). The molecule has 1 amide bonds. The van der Waals surface area contributed by atoms with Gasteiger partial charge in [0, 0.05) is 17.0 Å². The van der Waals surface area contributed by atoms with E-state index in [0.717, 1.165) is 31.4 Å². The summed E-state index contributed by atoms with van der Waals surface area (Å²) in [6.07, 6.45) is 4.96. The zero-order chi connectivity index (χ0) is 12.3. The molecule has 1 aliphatic carbocycles. The fourth-order valence-corrected chi connectivity index (χ4v) is 2.99. The van der Waals surface area contributed by atoms with Crippen molar-refractivity contribution in [3.05, 3.63) is 34.0 Å². The Bertz CT molecular complexity index is 464. The first-order valence-corrected chi connectivity index (χ1v) is 6.32. The molecule has 0 aliphatic heterocycles. The largest absolute Gasteiger partial charge is 0.478 e. The summed E-state index contributed by atoms with van der Waals surface area (Å²) in [5.74, 6) is -1.46. The summed E-state index contributed by atoms with van der Waals surface area (Å²) in [4.78, 5) is 23.1. The molecule has 0 spiro atoms. The Hall–Kier alpha value is -1.62. The molecule has 17 heavy (non-hydrogen) atoms. The van der Waals surface area contributed by atoms with Gasteiger partial charge < -0.3 is 10.4 Å². The number of carbonyl (C=O) groups excluding carboxylic acids is 1. The van der Waals surface area contributed by atoms with Gasteiger partial charge in [-0.1, -0.05) is 0 Å². The Morgan fingerprint density at radius 2 is 2.29 bits per heavy atom. The highest BCUT2D eigenvalue weighted by atomic mass is 32.1. The minimum absolute atomic E-state index is 0.0240. The number of amides is 1. The van der Waals surface area contributed by atoms with Crippen molar-refractivity contribution in [2.45, 2.75) is 25.3 Å². The lowest BCUT2D eigenvalue weighted by atomic mass is 9.94. The Morgan fingerprint density at radius 1 is 1.47 bits per heavy atom. The van der Waals surface area contributed by atoms with Gasteiger partial charge in [-0.3, -0.25) is 4.79 Å². The van der Waals surface area contributed by atoms with Gasteiger partial charge in [0.15, 0.2) is 0 Å². The summed E-state index contributed by atoms with van der Waals surface area (Å²) in [5.41, 5.74) is 1.18. The van der Waals surface area contributed by atoms with Crippen LogP contribution in [0.15, 0.2) is 23.6 Å². The topological polar surface area (TPSA) is 66.4 Å². The second-order valence-electron chi connectivity index (χ2n) is 3.92. The first kappa shape index (κ1) is 11.9. The monoisotopic (exact) mass is 251 g/mol. The first-order valence-electron chi connectivity index (χ1n) is 5.44. The molecule has 2 rings (SSSR count). The summed E-state index contributed by atoms with van der Waals surface area (Å²) in [6, 6.07) is 2.06. The van der Waals surface area contributed by atoms with Gasteiger partial charge in [-0.05, 0) is 36.3 Å². The van der Waals surface area contributed by atoms with Crippen LogP contribution in [0.3, 0.4) is 0 Å². The quantitative estimate of drug-likeness (QED) is 0.806. The van der Waals surface area contributed by atoms with Crippen molar-refractivity contribution in [1.29, 1.82) is 0 Å². The Labute approximate surface area is 103 Å². The third-order valence-corrected chi connectivity index (χ3v) is 3.74. The molecule has 1 unspecified atom stereocenters. The molecule has 4 nitrogen and oxygen atoms in total. The van der Waals surface area contributed by atoms with E-state index in [0.29, 0.717) is 0 Å². The molecule has 1 atom stereocenters. The molecular formula is C12H13NO3S. The van der Waals surface area contributed by atoms with Crippen molar-refractivity contribution in [3.63, 3.8) is 0 Å². The zero-order valence-corrected chi connectivity index (χ0v) is 10.00. The van der Waals surface area contributed by atoms with Gasteiger partial charge >= 0.3 is 5.97 Å². The molecule has 1 aromatic heterocycles. The SMILES string of the molecule is O=C(O)C=CC(=O)NC1CCCc2sccc21. The highest BCUT2D eigenvalue weighted by molar-refractivity contribution is 7.10. The van der Waals surface area contributed by atoms with Crippen LogP contribution in [0.5, 0.6) is 0 Å². The van der Waals surface area contributed by atoms with Crippen LogP contribution in [0, 0.1) is 0 Å². The molecule has 1 heterocycles. The number of hydrogen-bond acceptors (Lipinski definition) is 3. The minimum Gasteiger partial charge on any atom is -0.478 e. The molecule has 1 aromatic rings. The van der Waals surface area contributed by atoms with E-state index in [9.17, 15) is 9.59 Å². The fourth-order valence-electron chi connectivity index (χ4n) is 2.00. The van der Waals surface area contributed by atoms with E-state index >= 15 is 0 Å². The van der Waals surface area contributed by atoms with Crippen LogP contribution in [-0.4, -0.2) is 17.0 Å². The second-order valence-corrected chi connectivity index (χ2v) is 4.92. The number of aryl methyl sites for hydroxylation is 1. The van der Waals surface area contributed by atoms with Crippen molar-refractivity contribution in [3.8, 4) is 0 Å². The van der Waals surface area contributed by atoms with Gasteiger partial charge in [0.25, 0.3) is 0 Å². The Balaban J connectivity index is 2.02. The molecule has 5 heteroatoms. The molecule has 0 aromatic carbocycles. The van der Waals surface area contributed by atoms with Crippen LogP contribution >= 0.6 is 11.3 Å². The normalized spacial score (nSPS) is 18.9. The minimum atomic E-state index is -1.11.